The number of benzene rings is 1. The highest BCUT2D eigenvalue weighted by Crippen LogP contribution is 2.47. The van der Waals surface area contributed by atoms with E-state index in [1.807, 2.05) is 0 Å². The molecule has 0 spiro atoms. The Labute approximate surface area is 136 Å². The molecule has 0 amide bonds. The van der Waals surface area contributed by atoms with Crippen LogP contribution in [0.2, 0.25) is 0 Å². The predicted molar refractivity (Wildman–Crippen MR) is 81.1 cm³/mol. The van der Waals surface area contributed by atoms with Crippen molar-refractivity contribution in [1.82, 2.24) is 0 Å². The van der Waals surface area contributed by atoms with Crippen LogP contribution in [0.4, 0.5) is 0 Å². The Hall–Kier alpha value is 2.05. The topological polar surface area (TPSA) is 34.1 Å². The molecule has 0 aliphatic heterocycles. The van der Waals surface area contributed by atoms with Crippen LogP contribution in [0, 0.1) is 0 Å². The monoisotopic (exact) mass is 609 g/mol. The largest absolute Gasteiger partial charge is 0.239 e. The molecular formula is C6Br6O2S. The van der Waals surface area contributed by atoms with Crippen molar-refractivity contribution in [2.24, 2.45) is 0 Å². The molecule has 0 saturated carbocycles. The van der Waals surface area contributed by atoms with Gasteiger partial charge in [-0.05, 0) is 79.6 Å². The number of halogens is 6. The molecule has 0 aromatic heterocycles. The minimum Gasteiger partial charge on any atom is -0.212 e. The van der Waals surface area contributed by atoms with Crippen molar-refractivity contribution in [3.63, 3.8) is 0 Å². The lowest BCUT2D eigenvalue weighted by atomic mass is 10.4. The summed E-state index contributed by atoms with van der Waals surface area (Å²) in [4.78, 5) is 0.129. The van der Waals surface area contributed by atoms with Crippen molar-refractivity contribution in [2.45, 2.75) is 4.90 Å². The summed E-state index contributed by atoms with van der Waals surface area (Å²) < 4.78 is 25.8. The standard InChI is InChI=1S/C6Br6O2S/c7-1-2(8)4(10)6(15(12,13)14)5(11)3(1)9. The summed E-state index contributed by atoms with van der Waals surface area (Å²) in [5, 5.41) is 0. The molecule has 0 bridgehead atoms. The molecule has 0 atom stereocenters. The molecule has 0 fully saturated rings. The summed E-state index contributed by atoms with van der Waals surface area (Å²) in [6, 6.07) is 0. The van der Waals surface area contributed by atoms with Crippen molar-refractivity contribution in [1.29, 1.82) is 0 Å². The van der Waals surface area contributed by atoms with Gasteiger partial charge in [0, 0.05) is 13.4 Å². The smallest absolute Gasteiger partial charge is 0.212 e. The molecule has 1 aromatic carbocycles. The molecule has 0 unspecified atom stereocenters. The van der Waals surface area contributed by atoms with Gasteiger partial charge in [-0.25, -0.2) is 8.42 Å². The second kappa shape index (κ2) is 5.36. The first-order chi connectivity index (χ1) is 6.68. The zero-order valence-electron chi connectivity index (χ0n) is 6.49. The fourth-order valence-electron chi connectivity index (χ4n) is 0.799. The van der Waals surface area contributed by atoms with Gasteiger partial charge in [0.2, 0.25) is 8.27 Å². The molecule has 9 heteroatoms. The lowest BCUT2D eigenvalue weighted by Crippen LogP contribution is -1.96. The van der Waals surface area contributed by atoms with E-state index in [-0.39, 0.29) is 4.90 Å². The van der Waals surface area contributed by atoms with Crippen LogP contribution in [0.5, 0.6) is 0 Å². The highest BCUT2D eigenvalue weighted by atomic mass is 79.9. The van der Waals surface area contributed by atoms with Gasteiger partial charge in [-0.1, -0.05) is 0 Å². The van der Waals surface area contributed by atoms with E-state index >= 15 is 0 Å². The molecule has 2 nitrogen and oxygen atoms in total. The van der Waals surface area contributed by atoms with Crippen molar-refractivity contribution in [3.05, 3.63) is 22.4 Å². The first kappa shape index (κ1) is 15.1. The Kier molecular flexibility index (Phi) is 5.40. The van der Waals surface area contributed by atoms with Crippen LogP contribution >= 0.6 is 94.5 Å². The molecule has 0 heterocycles. The fourth-order valence-corrected chi connectivity index (χ4v) is 8.29. The minimum atomic E-state index is -3.49. The summed E-state index contributed by atoms with van der Waals surface area (Å²) in [5.74, 6) is 0. The van der Waals surface area contributed by atoms with Gasteiger partial charge in [-0.2, -0.15) is 0 Å². The Morgan fingerprint density at radius 2 is 0.933 bits per heavy atom. The van der Waals surface area contributed by atoms with Crippen LogP contribution in [-0.4, -0.2) is 8.42 Å². The zero-order valence-corrected chi connectivity index (χ0v) is 16.8. The average molecular weight is 616 g/mol. The lowest BCUT2D eigenvalue weighted by Gasteiger charge is -2.10. The molecule has 0 N–H and O–H groups in total. The van der Waals surface area contributed by atoms with Crippen molar-refractivity contribution in [2.75, 3.05) is 0 Å². The van der Waals surface area contributed by atoms with E-state index in [4.69, 9.17) is 0 Å². The number of rotatable bonds is 1. The maximum absolute atomic E-state index is 11.5. The first-order valence-corrected chi connectivity index (χ1v) is 10.4. The third-order valence-corrected chi connectivity index (χ3v) is 9.90. The number of hydrogen-bond donors (Lipinski definition) is 0. The van der Waals surface area contributed by atoms with Gasteiger partial charge in [-0.3, -0.25) is 0 Å². The SMILES string of the molecule is O=S(=O)(Br)c1c(Br)c(Br)c(Br)c(Br)c1Br. The van der Waals surface area contributed by atoms with Crippen LogP contribution in [0.15, 0.2) is 27.3 Å². The molecule has 15 heavy (non-hydrogen) atoms. The first-order valence-electron chi connectivity index (χ1n) is 3.14. The van der Waals surface area contributed by atoms with E-state index < -0.39 is 8.27 Å². The Balaban J connectivity index is 3.84. The molecule has 0 aliphatic carbocycles. The highest BCUT2D eigenvalue weighted by Gasteiger charge is 2.25. The van der Waals surface area contributed by atoms with Gasteiger partial charge >= 0.3 is 0 Å². The highest BCUT2D eigenvalue weighted by molar-refractivity contribution is 9.47. The van der Waals surface area contributed by atoms with Gasteiger partial charge in [0.1, 0.15) is 4.90 Å². The lowest BCUT2D eigenvalue weighted by molar-refractivity contribution is 0.610. The van der Waals surface area contributed by atoms with Gasteiger partial charge in [0.15, 0.2) is 0 Å². The van der Waals surface area contributed by atoms with Crippen LogP contribution in [0.1, 0.15) is 0 Å². The summed E-state index contributed by atoms with van der Waals surface area (Å²) in [6.45, 7) is 0. The Morgan fingerprint density at radius 1 is 0.667 bits per heavy atom. The van der Waals surface area contributed by atoms with Crippen LogP contribution < -0.4 is 0 Å². The fraction of sp³-hybridized carbons (Fsp3) is 0. The molecule has 0 saturated heterocycles. The van der Waals surface area contributed by atoms with Gasteiger partial charge in [0.25, 0.3) is 0 Å². The number of hydrogen-bond acceptors (Lipinski definition) is 2. The Morgan fingerprint density at radius 3 is 1.20 bits per heavy atom. The van der Waals surface area contributed by atoms with E-state index in [0.717, 1.165) is 4.47 Å². The average Bonchev–Trinajstić information content (AvgIpc) is 2.09. The van der Waals surface area contributed by atoms with E-state index in [1.165, 1.54) is 0 Å². The molecule has 84 valence electrons. The third kappa shape index (κ3) is 3.08. The van der Waals surface area contributed by atoms with Crippen molar-refractivity contribution < 1.29 is 8.42 Å². The van der Waals surface area contributed by atoms with E-state index in [9.17, 15) is 8.42 Å². The summed E-state index contributed by atoms with van der Waals surface area (Å²) in [6.07, 6.45) is 0. The third-order valence-electron chi connectivity index (χ3n) is 1.41. The van der Waals surface area contributed by atoms with Crippen molar-refractivity contribution in [3.8, 4) is 0 Å². The molecule has 0 radical (unpaired) electrons. The maximum atomic E-state index is 11.5. The predicted octanol–water partition coefficient (Wildman–Crippen LogP) is 5.58. The summed E-state index contributed by atoms with van der Waals surface area (Å²) in [5.41, 5.74) is 0. The van der Waals surface area contributed by atoms with Gasteiger partial charge < -0.3 is 0 Å². The van der Waals surface area contributed by atoms with Gasteiger partial charge in [-0.15, -0.1) is 0 Å². The molecule has 1 rings (SSSR count). The molecule has 0 aliphatic rings. The van der Waals surface area contributed by atoms with Gasteiger partial charge in [0.05, 0.1) is 23.8 Å². The molecular weight excluding hydrogens is 616 g/mol. The van der Waals surface area contributed by atoms with Crippen LogP contribution in [0.25, 0.3) is 0 Å². The summed E-state index contributed by atoms with van der Waals surface area (Å²) >= 11 is 18.9. The summed E-state index contributed by atoms with van der Waals surface area (Å²) in [7, 11) is -3.49. The van der Waals surface area contributed by atoms with Crippen molar-refractivity contribution >= 4 is 103 Å². The zero-order chi connectivity index (χ0) is 12.0. The van der Waals surface area contributed by atoms with Crippen LogP contribution in [-0.2, 0) is 8.27 Å². The second-order valence-electron chi connectivity index (χ2n) is 2.34. The normalized spacial score (nSPS) is 11.9. The quantitative estimate of drug-likeness (QED) is 0.235. The molecule has 1 aromatic rings. The minimum absolute atomic E-state index is 0.129. The van der Waals surface area contributed by atoms with E-state index in [1.54, 1.807) is 0 Å². The van der Waals surface area contributed by atoms with Crippen LogP contribution in [0.3, 0.4) is 0 Å². The Bertz CT molecular complexity index is 494. The maximum Gasteiger partial charge on any atom is 0.239 e. The van der Waals surface area contributed by atoms with E-state index in [2.05, 4.69) is 94.5 Å². The van der Waals surface area contributed by atoms with E-state index in [0.29, 0.717) is 17.9 Å². The second-order valence-corrected chi connectivity index (χ2v) is 10.1.